The highest BCUT2D eigenvalue weighted by Gasteiger charge is 2.17. The molecule has 0 bridgehead atoms. The fraction of sp³-hybridized carbons (Fsp3) is 0.538. The molecule has 1 aromatic rings. The van der Waals surface area contributed by atoms with E-state index in [0.29, 0.717) is 11.4 Å². The number of carbonyl (C=O) groups excluding carboxylic acids is 1. The zero-order valence-electron chi connectivity index (χ0n) is 11.5. The molecular weight excluding hydrogens is 242 g/mol. The summed E-state index contributed by atoms with van der Waals surface area (Å²) in [6.45, 7) is 5.58. The standard InChI is InChI=1S/C13H21N5O/c1-3-11-8-10(9-12(14)15-11)13(19)16-18-6-4-17(2)5-7-18/h8-9H,3-7H2,1-2H3,(H2,14,15)(H,16,19). The van der Waals surface area contributed by atoms with Crippen LogP contribution in [0, 0.1) is 0 Å². The Labute approximate surface area is 113 Å². The number of aromatic nitrogens is 1. The maximum absolute atomic E-state index is 12.2. The SMILES string of the molecule is CCc1cc(C(=O)NN2CCN(C)CC2)cc(N)n1. The lowest BCUT2D eigenvalue weighted by Crippen LogP contribution is -2.52. The smallest absolute Gasteiger partial charge is 0.265 e. The monoisotopic (exact) mass is 263 g/mol. The van der Waals surface area contributed by atoms with Gasteiger partial charge in [-0.25, -0.2) is 9.99 Å². The molecule has 19 heavy (non-hydrogen) atoms. The molecule has 0 spiro atoms. The second kappa shape index (κ2) is 5.99. The maximum atomic E-state index is 12.2. The Hall–Kier alpha value is -1.66. The molecule has 1 aromatic heterocycles. The van der Waals surface area contributed by atoms with Crippen LogP contribution in [0.25, 0.3) is 0 Å². The molecule has 6 heteroatoms. The van der Waals surface area contributed by atoms with Crippen LogP contribution >= 0.6 is 0 Å². The van der Waals surface area contributed by atoms with Crippen LogP contribution in [0.1, 0.15) is 23.0 Å². The van der Waals surface area contributed by atoms with E-state index < -0.39 is 0 Å². The van der Waals surface area contributed by atoms with Gasteiger partial charge in [0.05, 0.1) is 0 Å². The molecule has 0 aliphatic carbocycles. The van der Waals surface area contributed by atoms with Gasteiger partial charge in [0.15, 0.2) is 0 Å². The van der Waals surface area contributed by atoms with E-state index in [0.717, 1.165) is 38.3 Å². The maximum Gasteiger partial charge on any atom is 0.265 e. The third-order valence-electron chi connectivity index (χ3n) is 3.29. The van der Waals surface area contributed by atoms with E-state index in [9.17, 15) is 4.79 Å². The van der Waals surface area contributed by atoms with Crippen LogP contribution in [0.15, 0.2) is 12.1 Å². The van der Waals surface area contributed by atoms with Crippen LogP contribution in [0.5, 0.6) is 0 Å². The number of hydrazine groups is 1. The summed E-state index contributed by atoms with van der Waals surface area (Å²) in [5, 5.41) is 1.95. The van der Waals surface area contributed by atoms with Crippen molar-refractivity contribution in [3.63, 3.8) is 0 Å². The number of likely N-dealkylation sites (N-methyl/N-ethyl adjacent to an activating group) is 1. The van der Waals surface area contributed by atoms with Crippen molar-refractivity contribution >= 4 is 11.7 Å². The van der Waals surface area contributed by atoms with E-state index >= 15 is 0 Å². The first-order valence-corrected chi connectivity index (χ1v) is 6.59. The van der Waals surface area contributed by atoms with Gasteiger partial charge < -0.3 is 10.6 Å². The third-order valence-corrected chi connectivity index (χ3v) is 3.29. The number of rotatable bonds is 3. The fourth-order valence-electron chi connectivity index (χ4n) is 2.05. The molecule has 2 heterocycles. The predicted molar refractivity (Wildman–Crippen MR) is 74.6 cm³/mol. The molecule has 0 radical (unpaired) electrons. The summed E-state index contributed by atoms with van der Waals surface area (Å²) in [4.78, 5) is 18.6. The molecule has 0 saturated carbocycles. The Morgan fingerprint density at radius 2 is 2.05 bits per heavy atom. The van der Waals surface area contributed by atoms with Crippen molar-refractivity contribution in [2.75, 3.05) is 39.0 Å². The molecule has 3 N–H and O–H groups in total. The second-order valence-corrected chi connectivity index (χ2v) is 4.86. The minimum absolute atomic E-state index is 0.117. The van der Waals surface area contributed by atoms with Crippen molar-refractivity contribution in [1.29, 1.82) is 0 Å². The van der Waals surface area contributed by atoms with Crippen LogP contribution in [-0.4, -0.2) is 54.0 Å². The van der Waals surface area contributed by atoms with Gasteiger partial charge in [0.1, 0.15) is 5.82 Å². The van der Waals surface area contributed by atoms with Crippen LogP contribution in [0.2, 0.25) is 0 Å². The number of amides is 1. The Balaban J connectivity index is 2.01. The van der Waals surface area contributed by atoms with E-state index in [1.54, 1.807) is 12.1 Å². The number of hydrogen-bond donors (Lipinski definition) is 2. The number of nitrogens with zero attached hydrogens (tertiary/aromatic N) is 3. The summed E-state index contributed by atoms with van der Waals surface area (Å²) in [6, 6.07) is 3.41. The van der Waals surface area contributed by atoms with Crippen molar-refractivity contribution in [1.82, 2.24) is 20.3 Å². The van der Waals surface area contributed by atoms with Crippen LogP contribution < -0.4 is 11.2 Å². The lowest BCUT2D eigenvalue weighted by molar-refractivity contribution is 0.0662. The third kappa shape index (κ3) is 3.65. The van der Waals surface area contributed by atoms with Crippen molar-refractivity contribution in [3.05, 3.63) is 23.4 Å². The zero-order chi connectivity index (χ0) is 13.8. The predicted octanol–water partition coefficient (Wildman–Crippen LogP) is 0.118. The lowest BCUT2D eigenvalue weighted by atomic mass is 10.2. The van der Waals surface area contributed by atoms with Gasteiger partial charge in [-0.05, 0) is 25.6 Å². The number of nitrogens with one attached hydrogen (secondary N) is 1. The molecule has 1 aliphatic heterocycles. The fourth-order valence-corrected chi connectivity index (χ4v) is 2.05. The highest BCUT2D eigenvalue weighted by molar-refractivity contribution is 5.94. The zero-order valence-corrected chi connectivity index (χ0v) is 11.5. The van der Waals surface area contributed by atoms with Gasteiger partial charge in [0.25, 0.3) is 5.91 Å². The number of hydrogen-bond acceptors (Lipinski definition) is 5. The normalized spacial score (nSPS) is 17.4. The summed E-state index contributed by atoms with van der Waals surface area (Å²) in [6.07, 6.45) is 0.764. The van der Waals surface area contributed by atoms with E-state index in [2.05, 4.69) is 22.4 Å². The van der Waals surface area contributed by atoms with Crippen LogP contribution in [0.4, 0.5) is 5.82 Å². The van der Waals surface area contributed by atoms with Gasteiger partial charge in [-0.3, -0.25) is 10.2 Å². The first kappa shape index (κ1) is 13.8. The number of nitrogen functional groups attached to an aromatic ring is 1. The average molecular weight is 263 g/mol. The lowest BCUT2D eigenvalue weighted by Gasteiger charge is -2.32. The van der Waals surface area contributed by atoms with Crippen molar-refractivity contribution in [2.24, 2.45) is 0 Å². The van der Waals surface area contributed by atoms with Crippen LogP contribution in [0.3, 0.4) is 0 Å². The number of nitrogens with two attached hydrogens (primary N) is 1. The van der Waals surface area contributed by atoms with Gasteiger partial charge in [0.2, 0.25) is 0 Å². The number of anilines is 1. The molecule has 104 valence electrons. The Morgan fingerprint density at radius 3 is 2.68 bits per heavy atom. The molecule has 1 amide bonds. The van der Waals surface area contributed by atoms with E-state index in [1.807, 2.05) is 11.9 Å². The summed E-state index contributed by atoms with van der Waals surface area (Å²) in [7, 11) is 2.08. The van der Waals surface area contributed by atoms with Crippen LogP contribution in [-0.2, 0) is 6.42 Å². The van der Waals surface area contributed by atoms with E-state index in [1.165, 1.54) is 0 Å². The highest BCUT2D eigenvalue weighted by atomic mass is 16.2. The first-order valence-electron chi connectivity index (χ1n) is 6.59. The Morgan fingerprint density at radius 1 is 1.37 bits per heavy atom. The summed E-state index contributed by atoms with van der Waals surface area (Å²) < 4.78 is 0. The first-order chi connectivity index (χ1) is 9.08. The molecule has 2 rings (SSSR count). The highest BCUT2D eigenvalue weighted by Crippen LogP contribution is 2.09. The van der Waals surface area contributed by atoms with Gasteiger partial charge in [-0.2, -0.15) is 0 Å². The molecule has 0 unspecified atom stereocenters. The van der Waals surface area contributed by atoms with Gasteiger partial charge in [-0.15, -0.1) is 0 Å². The summed E-state index contributed by atoms with van der Waals surface area (Å²) in [5.41, 5.74) is 10.0. The molecular formula is C13H21N5O. The van der Waals surface area contributed by atoms with Crippen molar-refractivity contribution < 1.29 is 4.79 Å². The number of aryl methyl sites for hydroxylation is 1. The number of carbonyl (C=O) groups is 1. The molecule has 6 nitrogen and oxygen atoms in total. The van der Waals surface area contributed by atoms with Crippen molar-refractivity contribution in [3.8, 4) is 0 Å². The molecule has 1 fully saturated rings. The summed E-state index contributed by atoms with van der Waals surface area (Å²) >= 11 is 0. The van der Waals surface area contributed by atoms with Crippen molar-refractivity contribution in [2.45, 2.75) is 13.3 Å². The quantitative estimate of drug-likeness (QED) is 0.810. The molecule has 0 aromatic carbocycles. The van der Waals surface area contributed by atoms with Gasteiger partial charge in [-0.1, -0.05) is 6.92 Å². The molecule has 1 saturated heterocycles. The average Bonchev–Trinajstić information content (AvgIpc) is 2.40. The number of pyridine rings is 1. The molecule has 0 atom stereocenters. The van der Waals surface area contributed by atoms with Gasteiger partial charge >= 0.3 is 0 Å². The minimum atomic E-state index is -0.117. The van der Waals surface area contributed by atoms with E-state index in [-0.39, 0.29) is 5.91 Å². The topological polar surface area (TPSA) is 74.5 Å². The largest absolute Gasteiger partial charge is 0.384 e. The Kier molecular flexibility index (Phi) is 4.34. The Bertz CT molecular complexity index is 454. The second-order valence-electron chi connectivity index (χ2n) is 4.86. The minimum Gasteiger partial charge on any atom is -0.384 e. The molecule has 1 aliphatic rings. The van der Waals surface area contributed by atoms with E-state index in [4.69, 9.17) is 5.73 Å². The number of piperazine rings is 1. The van der Waals surface area contributed by atoms with Gasteiger partial charge in [0, 0.05) is 37.4 Å². The summed E-state index contributed by atoms with van der Waals surface area (Å²) in [5.74, 6) is 0.274.